The van der Waals surface area contributed by atoms with Crippen LogP contribution < -0.4 is 9.62 Å². The van der Waals surface area contributed by atoms with Gasteiger partial charge < -0.3 is 10.2 Å². The molecular weight excluding hydrogens is 569 g/mol. The molecule has 1 N–H and O–H groups in total. The number of sulfonamides is 1. The number of carbonyl (C=O) groups is 2. The Morgan fingerprint density at radius 2 is 1.52 bits per heavy atom. The van der Waals surface area contributed by atoms with Crippen molar-refractivity contribution in [1.82, 2.24) is 10.2 Å². The Kier molecular flexibility index (Phi) is 11.0. The van der Waals surface area contributed by atoms with Gasteiger partial charge in [-0.05, 0) is 42.2 Å². The predicted octanol–water partition coefficient (Wildman–Crippen LogP) is 5.48. The topological polar surface area (TPSA) is 86.8 Å². The zero-order chi connectivity index (χ0) is 29.4. The van der Waals surface area contributed by atoms with Crippen LogP contribution >= 0.6 is 23.2 Å². The number of amides is 2. The third-order valence-electron chi connectivity index (χ3n) is 6.21. The fourth-order valence-corrected chi connectivity index (χ4v) is 5.63. The van der Waals surface area contributed by atoms with E-state index in [1.165, 1.54) is 23.1 Å². The van der Waals surface area contributed by atoms with Crippen LogP contribution in [0.15, 0.2) is 72.8 Å². The number of nitrogens with zero attached hydrogens (tertiary/aromatic N) is 2. The number of aryl methyl sites for hydroxylation is 1. The van der Waals surface area contributed by atoms with Crippen LogP contribution in [0.3, 0.4) is 0 Å². The van der Waals surface area contributed by atoms with Gasteiger partial charge in [0.25, 0.3) is 0 Å². The highest BCUT2D eigenvalue weighted by molar-refractivity contribution is 7.92. The maximum Gasteiger partial charge on any atom is 0.244 e. The van der Waals surface area contributed by atoms with E-state index in [1.54, 1.807) is 0 Å². The molecule has 0 saturated heterocycles. The lowest BCUT2D eigenvalue weighted by molar-refractivity contribution is -0.140. The minimum Gasteiger partial charge on any atom is -0.354 e. The highest BCUT2D eigenvalue weighted by Crippen LogP contribution is 2.27. The summed E-state index contributed by atoms with van der Waals surface area (Å²) in [5.74, 6) is -0.644. The smallest absolute Gasteiger partial charge is 0.244 e. The molecule has 214 valence electrons. The first kappa shape index (κ1) is 31.5. The lowest BCUT2D eigenvalue weighted by Crippen LogP contribution is -2.53. The quantitative estimate of drug-likeness (QED) is 0.297. The first-order chi connectivity index (χ1) is 18.8. The molecule has 0 aliphatic heterocycles. The second-order valence-electron chi connectivity index (χ2n) is 10.3. The average Bonchev–Trinajstić information content (AvgIpc) is 2.87. The van der Waals surface area contributed by atoms with Gasteiger partial charge in [0, 0.05) is 29.6 Å². The number of hydrogen-bond donors (Lipinski definition) is 1. The summed E-state index contributed by atoms with van der Waals surface area (Å²) in [5, 5.41) is 3.43. The van der Waals surface area contributed by atoms with Crippen molar-refractivity contribution in [3.05, 3.63) is 99.5 Å². The molecule has 0 heterocycles. The number of halogens is 2. The SMILES string of the molecule is Cc1cccc(CN(C(=O)CN(c2cc(Cl)cc(Cl)c2)S(C)(=O)=O)[C@H](Cc2ccccc2)C(=O)NCC(C)C)c1. The summed E-state index contributed by atoms with van der Waals surface area (Å²) in [6.07, 6.45) is 1.26. The monoisotopic (exact) mass is 603 g/mol. The first-order valence-electron chi connectivity index (χ1n) is 12.9. The van der Waals surface area contributed by atoms with E-state index in [0.717, 1.165) is 27.3 Å². The van der Waals surface area contributed by atoms with Gasteiger partial charge in [-0.25, -0.2) is 8.42 Å². The van der Waals surface area contributed by atoms with E-state index in [2.05, 4.69) is 5.32 Å². The standard InChI is InChI=1S/C30H35Cl2N3O4S/c1-21(2)18-33-30(37)28(14-23-10-6-5-7-11-23)34(19-24-12-8-9-22(3)13-24)29(36)20-35(40(4,38)39)27-16-25(31)15-26(32)17-27/h5-13,15-17,21,28H,14,18-20H2,1-4H3,(H,33,37)/t28-/m1/s1. The lowest BCUT2D eigenvalue weighted by atomic mass is 10.0. The van der Waals surface area contributed by atoms with Gasteiger partial charge in [0.1, 0.15) is 12.6 Å². The third-order valence-corrected chi connectivity index (χ3v) is 7.78. The van der Waals surface area contributed by atoms with E-state index < -0.39 is 28.5 Å². The van der Waals surface area contributed by atoms with Crippen molar-refractivity contribution in [2.75, 3.05) is 23.7 Å². The van der Waals surface area contributed by atoms with Crippen LogP contribution in [-0.4, -0.2) is 50.5 Å². The lowest BCUT2D eigenvalue weighted by Gasteiger charge is -2.33. The number of hydrogen-bond acceptors (Lipinski definition) is 4. The Hall–Kier alpha value is -3.07. The number of anilines is 1. The van der Waals surface area contributed by atoms with Gasteiger partial charge in [0.2, 0.25) is 21.8 Å². The van der Waals surface area contributed by atoms with Crippen LogP contribution in [0, 0.1) is 12.8 Å². The van der Waals surface area contributed by atoms with Gasteiger partial charge in [-0.15, -0.1) is 0 Å². The molecule has 10 heteroatoms. The molecule has 0 unspecified atom stereocenters. The average molecular weight is 605 g/mol. The maximum absolute atomic E-state index is 14.1. The van der Waals surface area contributed by atoms with E-state index in [1.807, 2.05) is 75.4 Å². The summed E-state index contributed by atoms with van der Waals surface area (Å²) < 4.78 is 26.7. The summed E-state index contributed by atoms with van der Waals surface area (Å²) >= 11 is 12.3. The van der Waals surface area contributed by atoms with Gasteiger partial charge in [-0.3, -0.25) is 13.9 Å². The minimum absolute atomic E-state index is 0.112. The summed E-state index contributed by atoms with van der Waals surface area (Å²) in [7, 11) is -3.92. The molecule has 3 aromatic rings. The van der Waals surface area contributed by atoms with Crippen molar-refractivity contribution < 1.29 is 18.0 Å². The Bertz CT molecular complexity index is 1410. The van der Waals surface area contributed by atoms with Crippen LogP contribution in [0.2, 0.25) is 10.0 Å². The Labute approximate surface area is 247 Å². The molecule has 2 amide bonds. The second kappa shape index (κ2) is 14.0. The van der Waals surface area contributed by atoms with Crippen molar-refractivity contribution in [2.45, 2.75) is 39.8 Å². The van der Waals surface area contributed by atoms with Crippen LogP contribution in [0.4, 0.5) is 5.69 Å². The Balaban J connectivity index is 2.06. The number of rotatable bonds is 12. The Morgan fingerprint density at radius 3 is 2.10 bits per heavy atom. The van der Waals surface area contributed by atoms with E-state index >= 15 is 0 Å². The molecule has 0 aromatic heterocycles. The molecule has 0 radical (unpaired) electrons. The number of nitrogens with one attached hydrogen (secondary N) is 1. The second-order valence-corrected chi connectivity index (χ2v) is 13.0. The summed E-state index contributed by atoms with van der Waals surface area (Å²) in [6.45, 7) is 5.93. The fraction of sp³-hybridized carbons (Fsp3) is 0.333. The van der Waals surface area contributed by atoms with Crippen molar-refractivity contribution in [3.63, 3.8) is 0 Å². The summed E-state index contributed by atoms with van der Waals surface area (Å²) in [4.78, 5) is 29.2. The molecule has 0 bridgehead atoms. The van der Waals surface area contributed by atoms with E-state index in [0.29, 0.717) is 6.54 Å². The van der Waals surface area contributed by atoms with Crippen LogP contribution in [0.5, 0.6) is 0 Å². The van der Waals surface area contributed by atoms with Crippen molar-refractivity contribution >= 4 is 50.7 Å². The molecule has 0 saturated carbocycles. The largest absolute Gasteiger partial charge is 0.354 e. The predicted molar refractivity (Wildman–Crippen MR) is 162 cm³/mol. The fourth-order valence-electron chi connectivity index (χ4n) is 4.28. The van der Waals surface area contributed by atoms with Gasteiger partial charge >= 0.3 is 0 Å². The van der Waals surface area contributed by atoms with E-state index in [-0.39, 0.29) is 40.5 Å². The van der Waals surface area contributed by atoms with Crippen LogP contribution in [0.1, 0.15) is 30.5 Å². The molecule has 3 rings (SSSR count). The molecule has 7 nitrogen and oxygen atoms in total. The van der Waals surface area contributed by atoms with Crippen molar-refractivity contribution in [1.29, 1.82) is 0 Å². The summed E-state index contributed by atoms with van der Waals surface area (Å²) in [5.41, 5.74) is 2.85. The van der Waals surface area contributed by atoms with Crippen LogP contribution in [0.25, 0.3) is 0 Å². The molecule has 0 aliphatic rings. The van der Waals surface area contributed by atoms with Gasteiger partial charge in [0.15, 0.2) is 0 Å². The van der Waals surface area contributed by atoms with Gasteiger partial charge in [-0.2, -0.15) is 0 Å². The zero-order valence-corrected chi connectivity index (χ0v) is 25.4. The minimum atomic E-state index is -3.92. The highest BCUT2D eigenvalue weighted by atomic mass is 35.5. The van der Waals surface area contributed by atoms with Crippen molar-refractivity contribution in [2.24, 2.45) is 5.92 Å². The third kappa shape index (κ3) is 9.25. The van der Waals surface area contributed by atoms with Gasteiger partial charge in [0.05, 0.1) is 11.9 Å². The molecule has 0 fully saturated rings. The number of carbonyl (C=O) groups excluding carboxylic acids is 2. The molecule has 1 atom stereocenters. The molecule has 40 heavy (non-hydrogen) atoms. The molecule has 0 aliphatic carbocycles. The highest BCUT2D eigenvalue weighted by Gasteiger charge is 2.33. The molecule has 3 aromatic carbocycles. The molecular formula is C30H35Cl2N3O4S. The van der Waals surface area contributed by atoms with Gasteiger partial charge in [-0.1, -0.05) is 97.2 Å². The Morgan fingerprint density at radius 1 is 0.900 bits per heavy atom. The first-order valence-corrected chi connectivity index (χ1v) is 15.5. The number of benzene rings is 3. The van der Waals surface area contributed by atoms with E-state index in [9.17, 15) is 18.0 Å². The summed E-state index contributed by atoms with van der Waals surface area (Å²) in [6, 6.07) is 20.5. The normalized spacial score (nSPS) is 12.2. The molecule has 0 spiro atoms. The van der Waals surface area contributed by atoms with E-state index in [4.69, 9.17) is 23.2 Å². The van der Waals surface area contributed by atoms with Crippen LogP contribution in [-0.2, 0) is 32.6 Å². The van der Waals surface area contributed by atoms with Crippen molar-refractivity contribution in [3.8, 4) is 0 Å². The maximum atomic E-state index is 14.1. The zero-order valence-electron chi connectivity index (χ0n) is 23.1.